The van der Waals surface area contributed by atoms with E-state index < -0.39 is 0 Å². The van der Waals surface area contributed by atoms with E-state index in [1.807, 2.05) is 0 Å². The molecule has 0 amide bonds. The van der Waals surface area contributed by atoms with Crippen LogP contribution in [0.3, 0.4) is 0 Å². The van der Waals surface area contributed by atoms with Crippen LogP contribution < -0.4 is 0 Å². The van der Waals surface area contributed by atoms with Gasteiger partial charge in [-0.05, 0) is 25.7 Å². The van der Waals surface area contributed by atoms with Crippen LogP contribution in [-0.2, 0) is 4.79 Å². The van der Waals surface area contributed by atoms with Gasteiger partial charge in [0, 0.05) is 17.2 Å². The molecule has 0 N–H and O–H groups in total. The molecule has 0 heterocycles. The third kappa shape index (κ3) is 1.20. The lowest BCUT2D eigenvalue weighted by molar-refractivity contribution is -0.131. The Morgan fingerprint density at radius 2 is 2.00 bits per heavy atom. The second kappa shape index (κ2) is 2.78. The number of Topliss-reactive ketones (excluding diaryl/α,β-unsaturated/α-hetero) is 1. The van der Waals surface area contributed by atoms with Gasteiger partial charge in [-0.15, -0.1) is 11.6 Å². The lowest BCUT2D eigenvalue weighted by Gasteiger charge is -2.35. The van der Waals surface area contributed by atoms with Gasteiger partial charge in [-0.25, -0.2) is 0 Å². The first-order valence-electron chi connectivity index (χ1n) is 4.47. The van der Waals surface area contributed by atoms with Crippen molar-refractivity contribution < 1.29 is 4.79 Å². The molecule has 0 aromatic carbocycles. The topological polar surface area (TPSA) is 17.1 Å². The first-order chi connectivity index (χ1) is 5.29. The molecule has 0 radical (unpaired) electrons. The van der Waals surface area contributed by atoms with Gasteiger partial charge in [-0.2, -0.15) is 0 Å². The van der Waals surface area contributed by atoms with Gasteiger partial charge < -0.3 is 0 Å². The Bertz CT molecular complexity index is 178. The summed E-state index contributed by atoms with van der Waals surface area (Å²) in [5.74, 6) is 1.05. The number of carbonyl (C=O) groups excluding carboxylic acids is 1. The third-order valence-electron chi connectivity index (χ3n) is 3.06. The number of rotatable bonds is 0. The minimum atomic E-state index is 0.152. The molecule has 3 atom stereocenters. The molecule has 11 heavy (non-hydrogen) atoms. The number of hydrogen-bond donors (Lipinski definition) is 0. The van der Waals surface area contributed by atoms with E-state index in [0.717, 1.165) is 25.7 Å². The van der Waals surface area contributed by atoms with Crippen LogP contribution >= 0.6 is 11.6 Å². The summed E-state index contributed by atoms with van der Waals surface area (Å²) in [6, 6.07) is 0. The zero-order valence-corrected chi connectivity index (χ0v) is 7.31. The van der Waals surface area contributed by atoms with Gasteiger partial charge in [0.05, 0.1) is 0 Å². The van der Waals surface area contributed by atoms with Crippen molar-refractivity contribution in [2.45, 2.75) is 37.5 Å². The van der Waals surface area contributed by atoms with Gasteiger partial charge in [0.15, 0.2) is 0 Å². The van der Waals surface area contributed by atoms with E-state index in [-0.39, 0.29) is 11.3 Å². The highest BCUT2D eigenvalue weighted by Crippen LogP contribution is 2.39. The van der Waals surface area contributed by atoms with Crippen molar-refractivity contribution in [3.8, 4) is 0 Å². The smallest absolute Gasteiger partial charge is 0.140 e. The Balaban J connectivity index is 2.16. The molecule has 0 aliphatic heterocycles. The molecule has 0 aromatic heterocycles. The quantitative estimate of drug-likeness (QED) is 0.513. The van der Waals surface area contributed by atoms with Gasteiger partial charge in [0.1, 0.15) is 5.78 Å². The van der Waals surface area contributed by atoms with E-state index in [0.29, 0.717) is 11.7 Å². The van der Waals surface area contributed by atoms with Crippen LogP contribution in [0.2, 0.25) is 0 Å². The molecule has 3 unspecified atom stereocenters. The molecule has 0 saturated heterocycles. The van der Waals surface area contributed by atoms with Crippen LogP contribution in [0, 0.1) is 11.8 Å². The molecule has 2 aliphatic rings. The van der Waals surface area contributed by atoms with Gasteiger partial charge in [-0.1, -0.05) is 6.42 Å². The molecule has 62 valence electrons. The second-order valence-corrected chi connectivity index (χ2v) is 4.29. The SMILES string of the molecule is O=C1C2CCCC1C(Cl)CC2. The van der Waals surface area contributed by atoms with Crippen molar-refractivity contribution in [1.29, 1.82) is 0 Å². The van der Waals surface area contributed by atoms with Gasteiger partial charge in [0.25, 0.3) is 0 Å². The monoisotopic (exact) mass is 172 g/mol. The maximum atomic E-state index is 11.5. The molecule has 0 spiro atoms. The largest absolute Gasteiger partial charge is 0.299 e. The predicted octanol–water partition coefficient (Wildman–Crippen LogP) is 2.37. The molecule has 0 aromatic rings. The van der Waals surface area contributed by atoms with Crippen molar-refractivity contribution in [2.24, 2.45) is 11.8 Å². The van der Waals surface area contributed by atoms with E-state index in [1.165, 1.54) is 6.42 Å². The maximum absolute atomic E-state index is 11.5. The summed E-state index contributed by atoms with van der Waals surface area (Å²) in [4.78, 5) is 11.5. The van der Waals surface area contributed by atoms with Crippen LogP contribution in [0.1, 0.15) is 32.1 Å². The lowest BCUT2D eigenvalue weighted by atomic mass is 9.71. The van der Waals surface area contributed by atoms with Crippen LogP contribution in [0.25, 0.3) is 0 Å². The van der Waals surface area contributed by atoms with Crippen molar-refractivity contribution >= 4 is 17.4 Å². The highest BCUT2D eigenvalue weighted by molar-refractivity contribution is 6.22. The number of halogens is 1. The first-order valence-corrected chi connectivity index (χ1v) is 4.90. The van der Waals surface area contributed by atoms with Crippen LogP contribution in [0.15, 0.2) is 0 Å². The van der Waals surface area contributed by atoms with Gasteiger partial charge in [0.2, 0.25) is 0 Å². The minimum Gasteiger partial charge on any atom is -0.299 e. The Kier molecular flexibility index (Phi) is 1.92. The Morgan fingerprint density at radius 1 is 1.18 bits per heavy atom. The van der Waals surface area contributed by atoms with E-state index in [1.54, 1.807) is 0 Å². The van der Waals surface area contributed by atoms with Crippen LogP contribution in [0.5, 0.6) is 0 Å². The highest BCUT2D eigenvalue weighted by Gasteiger charge is 2.39. The summed E-state index contributed by atoms with van der Waals surface area (Å²) in [5, 5.41) is 0.152. The first kappa shape index (κ1) is 7.60. The number of carbonyl (C=O) groups is 1. The zero-order chi connectivity index (χ0) is 7.84. The standard InChI is InChI=1S/C9H13ClO/c10-8-5-4-6-2-1-3-7(8)9(6)11/h6-8H,1-5H2. The van der Waals surface area contributed by atoms with Gasteiger partial charge in [-0.3, -0.25) is 4.79 Å². The highest BCUT2D eigenvalue weighted by atomic mass is 35.5. The Hall–Kier alpha value is -0.0400. The van der Waals surface area contributed by atoms with E-state index in [2.05, 4.69) is 0 Å². The fourth-order valence-electron chi connectivity index (χ4n) is 2.38. The molecule has 1 nitrogen and oxygen atoms in total. The fourth-order valence-corrected chi connectivity index (χ4v) is 2.75. The molecule has 2 heteroatoms. The number of alkyl halides is 1. The zero-order valence-electron chi connectivity index (χ0n) is 6.55. The second-order valence-electron chi connectivity index (χ2n) is 3.73. The minimum absolute atomic E-state index is 0.152. The summed E-state index contributed by atoms with van der Waals surface area (Å²) in [5.41, 5.74) is 0. The van der Waals surface area contributed by atoms with Crippen molar-refractivity contribution in [1.82, 2.24) is 0 Å². The summed E-state index contributed by atoms with van der Waals surface area (Å²) in [7, 11) is 0. The van der Waals surface area contributed by atoms with Crippen molar-refractivity contribution in [2.75, 3.05) is 0 Å². The summed E-state index contributed by atoms with van der Waals surface area (Å²) in [6.45, 7) is 0. The molecule has 2 aliphatic carbocycles. The molecular formula is C9H13ClO. The lowest BCUT2D eigenvalue weighted by Crippen LogP contribution is -2.38. The number of fused-ring (bicyclic) bond motifs is 2. The summed E-state index contributed by atoms with van der Waals surface area (Å²) >= 11 is 6.06. The Morgan fingerprint density at radius 3 is 2.73 bits per heavy atom. The molecule has 2 bridgehead atoms. The Labute approximate surface area is 72.1 Å². The molecule has 2 saturated carbocycles. The molecular weight excluding hydrogens is 160 g/mol. The van der Waals surface area contributed by atoms with E-state index >= 15 is 0 Å². The van der Waals surface area contributed by atoms with E-state index in [4.69, 9.17) is 11.6 Å². The maximum Gasteiger partial charge on any atom is 0.140 e. The summed E-state index contributed by atoms with van der Waals surface area (Å²) in [6.07, 6.45) is 5.48. The van der Waals surface area contributed by atoms with E-state index in [9.17, 15) is 4.79 Å². The number of hydrogen-bond acceptors (Lipinski definition) is 1. The van der Waals surface area contributed by atoms with Crippen LogP contribution in [0.4, 0.5) is 0 Å². The average molecular weight is 173 g/mol. The van der Waals surface area contributed by atoms with Crippen LogP contribution in [-0.4, -0.2) is 11.2 Å². The fraction of sp³-hybridized carbons (Fsp3) is 0.889. The average Bonchev–Trinajstić information content (AvgIpc) is 1.98. The van der Waals surface area contributed by atoms with Gasteiger partial charge >= 0.3 is 0 Å². The number of ketones is 1. The molecule has 2 fully saturated rings. The van der Waals surface area contributed by atoms with Crippen molar-refractivity contribution in [3.05, 3.63) is 0 Å². The summed E-state index contributed by atoms with van der Waals surface area (Å²) < 4.78 is 0. The third-order valence-corrected chi connectivity index (χ3v) is 3.59. The van der Waals surface area contributed by atoms with Crippen molar-refractivity contribution in [3.63, 3.8) is 0 Å². The predicted molar refractivity (Wildman–Crippen MR) is 44.7 cm³/mol. The normalized spacial score (nSPS) is 44.1. The molecule has 2 rings (SSSR count).